The number of halogens is 1. The second-order valence-electron chi connectivity index (χ2n) is 7.53. The van der Waals surface area contributed by atoms with Gasteiger partial charge in [0.2, 0.25) is 11.7 Å². The van der Waals surface area contributed by atoms with Gasteiger partial charge in [0, 0.05) is 11.1 Å². The number of nitrogens with zero attached hydrogens (tertiary/aromatic N) is 4. The number of hydrogen-bond acceptors (Lipinski definition) is 7. The number of methoxy groups -OCH3 is 1. The molecule has 0 radical (unpaired) electrons. The number of hydrogen-bond donors (Lipinski definition) is 1. The van der Waals surface area contributed by atoms with Gasteiger partial charge in [-0.05, 0) is 42.1 Å². The van der Waals surface area contributed by atoms with Crippen molar-refractivity contribution in [2.24, 2.45) is 0 Å². The van der Waals surface area contributed by atoms with Crippen LogP contribution in [0.1, 0.15) is 11.3 Å². The van der Waals surface area contributed by atoms with E-state index in [1.54, 1.807) is 42.6 Å². The van der Waals surface area contributed by atoms with E-state index >= 15 is 0 Å². The molecule has 0 unspecified atom stereocenters. The summed E-state index contributed by atoms with van der Waals surface area (Å²) in [5, 5.41) is 9.28. The number of furan rings is 1. The molecule has 0 aliphatic heterocycles. The summed E-state index contributed by atoms with van der Waals surface area (Å²) in [7, 11) is 1.47. The lowest BCUT2D eigenvalue weighted by Gasteiger charge is -2.12. The largest absolute Gasteiger partial charge is 0.495 e. The molecule has 5 rings (SSSR count). The van der Waals surface area contributed by atoms with E-state index in [2.05, 4.69) is 10.4 Å². The molecule has 34 heavy (non-hydrogen) atoms. The van der Waals surface area contributed by atoms with Crippen LogP contribution in [0.5, 0.6) is 5.75 Å². The third kappa shape index (κ3) is 3.68. The van der Waals surface area contributed by atoms with Crippen molar-refractivity contribution in [3.8, 4) is 5.75 Å². The molecule has 0 saturated carbocycles. The van der Waals surface area contributed by atoms with Crippen molar-refractivity contribution in [2.75, 3.05) is 12.4 Å². The van der Waals surface area contributed by atoms with Crippen molar-refractivity contribution < 1.29 is 13.9 Å². The predicted molar refractivity (Wildman–Crippen MR) is 128 cm³/mol. The zero-order valence-electron chi connectivity index (χ0n) is 18.1. The Kier molecular flexibility index (Phi) is 5.50. The highest BCUT2D eigenvalue weighted by Gasteiger charge is 2.20. The van der Waals surface area contributed by atoms with E-state index in [0.29, 0.717) is 32.4 Å². The molecule has 1 aromatic carbocycles. The first-order chi connectivity index (χ1) is 16.4. The molecule has 4 aromatic heterocycles. The topological polar surface area (TPSA) is 113 Å². The summed E-state index contributed by atoms with van der Waals surface area (Å²) in [5.41, 5.74) is 0.774. The number of fused-ring (bicyclic) bond motifs is 3. The average Bonchev–Trinajstić information content (AvgIpc) is 3.55. The Bertz CT molecular complexity index is 1660. The number of nitrogens with one attached hydrogen (secondary N) is 1. The Labute approximate surface area is 200 Å². The zero-order chi connectivity index (χ0) is 24.0. The SMILES string of the molecule is COc1cc(Cl)c(C)cc1NC(=O)Cn1nc2n(Cc3ccco3)c(=O)c3sccc3n2c1=O. The summed E-state index contributed by atoms with van der Waals surface area (Å²) < 4.78 is 14.8. The number of aromatic nitrogens is 4. The third-order valence-electron chi connectivity index (χ3n) is 5.33. The summed E-state index contributed by atoms with van der Waals surface area (Å²) in [6, 6.07) is 8.40. The van der Waals surface area contributed by atoms with Gasteiger partial charge < -0.3 is 14.5 Å². The summed E-state index contributed by atoms with van der Waals surface area (Å²) in [6.45, 7) is 1.52. The highest BCUT2D eigenvalue weighted by Crippen LogP contribution is 2.31. The molecule has 10 nitrogen and oxygen atoms in total. The fraction of sp³-hybridized carbons (Fsp3) is 0.182. The third-order valence-corrected chi connectivity index (χ3v) is 6.63. The van der Waals surface area contributed by atoms with E-state index in [9.17, 15) is 14.4 Å². The van der Waals surface area contributed by atoms with Gasteiger partial charge in [-0.25, -0.2) is 13.9 Å². The molecule has 0 aliphatic rings. The maximum Gasteiger partial charge on any atom is 0.352 e. The number of rotatable bonds is 6. The van der Waals surface area contributed by atoms with E-state index < -0.39 is 11.6 Å². The Balaban J connectivity index is 1.56. The number of ether oxygens (including phenoxy) is 1. The number of aryl methyl sites for hydroxylation is 1. The second-order valence-corrected chi connectivity index (χ2v) is 8.85. The van der Waals surface area contributed by atoms with Gasteiger partial charge in [-0.15, -0.1) is 16.4 Å². The van der Waals surface area contributed by atoms with Crippen molar-refractivity contribution in [2.45, 2.75) is 20.0 Å². The van der Waals surface area contributed by atoms with E-state index in [4.69, 9.17) is 20.8 Å². The van der Waals surface area contributed by atoms with Gasteiger partial charge in [0.05, 0.1) is 31.1 Å². The Morgan fingerprint density at radius 2 is 2.12 bits per heavy atom. The van der Waals surface area contributed by atoms with Gasteiger partial charge >= 0.3 is 5.69 Å². The fourth-order valence-corrected chi connectivity index (χ4v) is 4.67. The van der Waals surface area contributed by atoms with Gasteiger partial charge in [0.15, 0.2) is 0 Å². The average molecular weight is 500 g/mol. The van der Waals surface area contributed by atoms with Crippen molar-refractivity contribution in [3.63, 3.8) is 0 Å². The monoisotopic (exact) mass is 499 g/mol. The molecule has 174 valence electrons. The molecule has 0 spiro atoms. The minimum absolute atomic E-state index is 0.0904. The van der Waals surface area contributed by atoms with Crippen LogP contribution in [-0.4, -0.2) is 31.8 Å². The van der Waals surface area contributed by atoms with Crippen molar-refractivity contribution >= 4 is 50.5 Å². The minimum atomic E-state index is -0.541. The van der Waals surface area contributed by atoms with E-state index in [1.165, 1.54) is 33.7 Å². The fourth-order valence-electron chi connectivity index (χ4n) is 3.69. The van der Waals surface area contributed by atoms with Gasteiger partial charge in [-0.2, -0.15) is 0 Å². The van der Waals surface area contributed by atoms with Crippen molar-refractivity contribution in [3.05, 3.63) is 79.2 Å². The molecule has 0 aliphatic carbocycles. The van der Waals surface area contributed by atoms with Crippen LogP contribution in [0, 0.1) is 6.92 Å². The lowest BCUT2D eigenvalue weighted by Crippen LogP contribution is -2.29. The van der Waals surface area contributed by atoms with Gasteiger partial charge in [0.1, 0.15) is 22.8 Å². The summed E-state index contributed by atoms with van der Waals surface area (Å²) in [5.74, 6) is 0.542. The molecule has 0 atom stereocenters. The smallest absolute Gasteiger partial charge is 0.352 e. The maximum atomic E-state index is 13.2. The Morgan fingerprint density at radius 1 is 1.29 bits per heavy atom. The number of thiophene rings is 1. The number of anilines is 1. The van der Waals surface area contributed by atoms with Gasteiger partial charge in [-0.1, -0.05) is 11.6 Å². The van der Waals surface area contributed by atoms with Crippen molar-refractivity contribution in [1.82, 2.24) is 18.7 Å². The molecule has 0 fully saturated rings. The molecule has 1 N–H and O–H groups in total. The van der Waals surface area contributed by atoms with Crippen LogP contribution >= 0.6 is 22.9 Å². The molecular formula is C22H18ClN5O5S. The molecular weight excluding hydrogens is 482 g/mol. The predicted octanol–water partition coefficient (Wildman–Crippen LogP) is 3.12. The first-order valence-corrected chi connectivity index (χ1v) is 11.4. The molecule has 0 saturated heterocycles. The van der Waals surface area contributed by atoms with Crippen LogP contribution < -0.4 is 21.3 Å². The van der Waals surface area contributed by atoms with Crippen LogP contribution in [0.25, 0.3) is 16.0 Å². The summed E-state index contributed by atoms with van der Waals surface area (Å²) in [6.07, 6.45) is 1.50. The van der Waals surface area contributed by atoms with Gasteiger partial charge in [0.25, 0.3) is 5.56 Å². The molecule has 0 bridgehead atoms. The zero-order valence-corrected chi connectivity index (χ0v) is 19.6. The van der Waals surface area contributed by atoms with Crippen LogP contribution in [0.15, 0.2) is 56.0 Å². The molecule has 5 aromatic rings. The minimum Gasteiger partial charge on any atom is -0.495 e. The second kappa shape index (κ2) is 8.50. The van der Waals surface area contributed by atoms with Crippen LogP contribution in [0.2, 0.25) is 5.02 Å². The quantitative estimate of drug-likeness (QED) is 0.384. The molecule has 4 heterocycles. The number of carbonyl (C=O) groups excluding carboxylic acids is 1. The normalized spacial score (nSPS) is 11.4. The number of carbonyl (C=O) groups is 1. The van der Waals surface area contributed by atoms with Crippen molar-refractivity contribution in [1.29, 1.82) is 0 Å². The first kappa shape index (κ1) is 22.0. The summed E-state index contributed by atoms with van der Waals surface area (Å²) >= 11 is 7.36. The number of benzene rings is 1. The lowest BCUT2D eigenvalue weighted by atomic mass is 10.2. The molecule has 1 amide bonds. The Hall–Kier alpha value is -3.83. The maximum absolute atomic E-state index is 13.2. The number of amides is 1. The molecule has 12 heteroatoms. The first-order valence-electron chi connectivity index (χ1n) is 10.1. The van der Waals surface area contributed by atoms with Crippen LogP contribution in [0.4, 0.5) is 5.69 Å². The van der Waals surface area contributed by atoms with E-state index in [1.807, 2.05) is 0 Å². The lowest BCUT2D eigenvalue weighted by molar-refractivity contribution is -0.117. The Morgan fingerprint density at radius 3 is 2.85 bits per heavy atom. The van der Waals surface area contributed by atoms with E-state index in [-0.39, 0.29) is 24.4 Å². The van der Waals surface area contributed by atoms with Crippen LogP contribution in [0.3, 0.4) is 0 Å². The highest BCUT2D eigenvalue weighted by molar-refractivity contribution is 7.17. The van der Waals surface area contributed by atoms with Crippen LogP contribution in [-0.2, 0) is 17.9 Å². The van der Waals surface area contributed by atoms with Gasteiger partial charge in [-0.3, -0.25) is 14.2 Å². The standard InChI is InChI=1S/C22H18ClN5O5S/c1-12-8-15(17(32-2)9-14(12)23)24-18(29)11-27-22(31)28-16-5-7-34-19(16)20(30)26(21(28)25-27)10-13-4-3-6-33-13/h3-9H,10-11H2,1-2H3,(H,24,29). The van der Waals surface area contributed by atoms with E-state index in [0.717, 1.165) is 10.2 Å². The summed E-state index contributed by atoms with van der Waals surface area (Å²) in [4.78, 5) is 39.1. The highest BCUT2D eigenvalue weighted by atomic mass is 35.5.